The second kappa shape index (κ2) is 6.64. The number of phenols is 1. The predicted octanol–water partition coefficient (Wildman–Crippen LogP) is 2.94. The fraction of sp³-hybridized carbons (Fsp3) is 0.500. The molecule has 0 radical (unpaired) electrons. The molecule has 0 saturated carbocycles. The first-order valence-corrected chi connectivity index (χ1v) is 9.27. The lowest BCUT2D eigenvalue weighted by molar-refractivity contribution is 0.207. The highest BCUT2D eigenvalue weighted by Crippen LogP contribution is 2.35. The largest absolute Gasteiger partial charge is 0.507 e. The number of rotatable bonds is 3. The van der Waals surface area contributed by atoms with Crippen molar-refractivity contribution in [3.8, 4) is 17.0 Å². The molecule has 2 aliphatic heterocycles. The lowest BCUT2D eigenvalue weighted by atomic mass is 9.92. The first-order valence-electron chi connectivity index (χ1n) is 9.27. The van der Waals surface area contributed by atoms with E-state index >= 15 is 0 Å². The third-order valence-electron chi connectivity index (χ3n) is 5.78. The minimum Gasteiger partial charge on any atom is -0.507 e. The number of aryl methyl sites for hydroxylation is 1. The van der Waals surface area contributed by atoms with Gasteiger partial charge in [-0.1, -0.05) is 19.1 Å². The summed E-state index contributed by atoms with van der Waals surface area (Å²) in [6.45, 7) is 5.46. The van der Waals surface area contributed by atoms with Gasteiger partial charge in [-0.3, -0.25) is 0 Å². The van der Waals surface area contributed by atoms with Crippen LogP contribution in [-0.2, 0) is 6.42 Å². The quantitative estimate of drug-likeness (QED) is 0.932. The summed E-state index contributed by atoms with van der Waals surface area (Å²) in [5.41, 5.74) is 2.65. The van der Waals surface area contributed by atoms with Gasteiger partial charge in [0.1, 0.15) is 5.75 Å². The molecule has 4 rings (SSSR count). The van der Waals surface area contributed by atoms with E-state index in [9.17, 15) is 5.11 Å². The molecule has 0 amide bonds. The van der Waals surface area contributed by atoms with Gasteiger partial charge in [0.2, 0.25) is 0 Å². The summed E-state index contributed by atoms with van der Waals surface area (Å²) < 4.78 is 0. The molecule has 2 atom stereocenters. The van der Waals surface area contributed by atoms with Gasteiger partial charge in [-0.15, -0.1) is 10.2 Å². The Kier molecular flexibility index (Phi) is 4.34. The number of piperidine rings is 1. The fourth-order valence-corrected chi connectivity index (χ4v) is 4.37. The third-order valence-corrected chi connectivity index (χ3v) is 5.78. The predicted molar refractivity (Wildman–Crippen MR) is 99.9 cm³/mol. The van der Waals surface area contributed by atoms with Crippen LogP contribution in [0.3, 0.4) is 0 Å². The minimum absolute atomic E-state index is 0.275. The molecule has 0 bridgehead atoms. The van der Waals surface area contributed by atoms with E-state index in [2.05, 4.69) is 40.0 Å². The standard InChI is InChI=1S/C20H26N4O/c1-3-14-5-4-6-18(25)20(14)16-7-8-19(22-21-16)24-12-10-15-9-11-23(2)13-17(15)24/h4-8,15,17,25H,3,9-13H2,1-2H3/t15-,17-/m1/s1. The third kappa shape index (κ3) is 2.97. The Hall–Kier alpha value is -2.14. The van der Waals surface area contributed by atoms with Gasteiger partial charge in [0.05, 0.1) is 5.69 Å². The number of likely N-dealkylation sites (tertiary alicyclic amines) is 1. The Morgan fingerprint density at radius 2 is 1.96 bits per heavy atom. The molecule has 2 fully saturated rings. The zero-order valence-electron chi connectivity index (χ0n) is 15.0. The number of anilines is 1. The molecule has 1 aromatic carbocycles. The van der Waals surface area contributed by atoms with Crippen molar-refractivity contribution >= 4 is 5.82 Å². The summed E-state index contributed by atoms with van der Waals surface area (Å²) in [4.78, 5) is 4.83. The molecule has 25 heavy (non-hydrogen) atoms. The Morgan fingerprint density at radius 1 is 1.12 bits per heavy atom. The van der Waals surface area contributed by atoms with Gasteiger partial charge in [0.15, 0.2) is 5.82 Å². The van der Waals surface area contributed by atoms with E-state index in [0.29, 0.717) is 6.04 Å². The number of nitrogens with zero attached hydrogens (tertiary/aromatic N) is 4. The van der Waals surface area contributed by atoms with Gasteiger partial charge in [-0.2, -0.15) is 0 Å². The van der Waals surface area contributed by atoms with E-state index < -0.39 is 0 Å². The summed E-state index contributed by atoms with van der Waals surface area (Å²) in [6.07, 6.45) is 3.39. The number of benzene rings is 1. The van der Waals surface area contributed by atoms with Gasteiger partial charge in [0, 0.05) is 24.7 Å². The van der Waals surface area contributed by atoms with E-state index in [1.54, 1.807) is 6.07 Å². The Morgan fingerprint density at radius 3 is 2.72 bits per heavy atom. The molecule has 2 aromatic rings. The van der Waals surface area contributed by atoms with Crippen LogP contribution in [0, 0.1) is 5.92 Å². The van der Waals surface area contributed by atoms with Crippen LogP contribution in [0.15, 0.2) is 30.3 Å². The molecule has 1 aromatic heterocycles. The van der Waals surface area contributed by atoms with Crippen molar-refractivity contribution in [2.24, 2.45) is 5.92 Å². The zero-order valence-corrected chi connectivity index (χ0v) is 15.0. The van der Waals surface area contributed by atoms with Crippen molar-refractivity contribution in [3.05, 3.63) is 35.9 Å². The molecule has 2 saturated heterocycles. The summed E-state index contributed by atoms with van der Waals surface area (Å²) in [5.74, 6) is 2.01. The van der Waals surface area contributed by atoms with E-state index in [-0.39, 0.29) is 5.75 Å². The van der Waals surface area contributed by atoms with Crippen molar-refractivity contribution in [1.82, 2.24) is 15.1 Å². The first kappa shape index (κ1) is 16.3. The van der Waals surface area contributed by atoms with Crippen LogP contribution in [0.5, 0.6) is 5.75 Å². The van der Waals surface area contributed by atoms with Crippen LogP contribution in [0.4, 0.5) is 5.82 Å². The highest BCUT2D eigenvalue weighted by Gasteiger charge is 2.38. The maximum Gasteiger partial charge on any atom is 0.151 e. The smallest absolute Gasteiger partial charge is 0.151 e. The molecule has 3 heterocycles. The number of likely N-dealkylation sites (N-methyl/N-ethyl adjacent to an activating group) is 1. The maximum atomic E-state index is 10.3. The van der Waals surface area contributed by atoms with Crippen LogP contribution >= 0.6 is 0 Å². The van der Waals surface area contributed by atoms with Crippen LogP contribution in [0.2, 0.25) is 0 Å². The molecule has 132 valence electrons. The maximum absolute atomic E-state index is 10.3. The van der Waals surface area contributed by atoms with Crippen molar-refractivity contribution in [2.45, 2.75) is 32.2 Å². The SMILES string of the molecule is CCc1cccc(O)c1-c1ccc(N2CC[C@H]3CCN(C)C[C@H]32)nn1. The molecule has 5 heteroatoms. The summed E-state index contributed by atoms with van der Waals surface area (Å²) in [6, 6.07) is 10.2. The van der Waals surface area contributed by atoms with E-state index in [1.165, 1.54) is 19.4 Å². The summed E-state index contributed by atoms with van der Waals surface area (Å²) in [5, 5.41) is 19.2. The Labute approximate surface area is 149 Å². The molecular formula is C20H26N4O. The molecule has 5 nitrogen and oxygen atoms in total. The Bertz CT molecular complexity index is 746. The normalized spacial score (nSPS) is 23.7. The van der Waals surface area contributed by atoms with Gasteiger partial charge in [-0.05, 0) is 62.5 Å². The van der Waals surface area contributed by atoms with Crippen molar-refractivity contribution < 1.29 is 5.11 Å². The van der Waals surface area contributed by atoms with Gasteiger partial charge < -0.3 is 14.9 Å². The fourth-order valence-electron chi connectivity index (χ4n) is 4.37. The molecule has 0 aliphatic carbocycles. The van der Waals surface area contributed by atoms with Crippen LogP contribution in [0.1, 0.15) is 25.3 Å². The second-order valence-electron chi connectivity index (χ2n) is 7.30. The number of phenolic OH excluding ortho intramolecular Hbond substituents is 1. The number of fused-ring (bicyclic) bond motifs is 1. The highest BCUT2D eigenvalue weighted by molar-refractivity contribution is 5.71. The molecule has 1 N–H and O–H groups in total. The average molecular weight is 338 g/mol. The van der Waals surface area contributed by atoms with E-state index in [0.717, 1.165) is 48.1 Å². The highest BCUT2D eigenvalue weighted by atomic mass is 16.3. The van der Waals surface area contributed by atoms with Gasteiger partial charge >= 0.3 is 0 Å². The van der Waals surface area contributed by atoms with Gasteiger partial charge in [-0.25, -0.2) is 0 Å². The number of hydrogen-bond donors (Lipinski definition) is 1. The summed E-state index contributed by atoms with van der Waals surface area (Å²) in [7, 11) is 2.20. The monoisotopic (exact) mass is 338 g/mol. The molecule has 0 spiro atoms. The van der Waals surface area contributed by atoms with Crippen molar-refractivity contribution in [3.63, 3.8) is 0 Å². The van der Waals surface area contributed by atoms with Crippen LogP contribution in [-0.4, -0.2) is 52.9 Å². The number of hydrogen-bond acceptors (Lipinski definition) is 5. The molecule has 2 aliphatic rings. The lowest BCUT2D eigenvalue weighted by Gasteiger charge is -2.36. The van der Waals surface area contributed by atoms with Crippen molar-refractivity contribution in [1.29, 1.82) is 0 Å². The summed E-state index contributed by atoms with van der Waals surface area (Å²) >= 11 is 0. The van der Waals surface area contributed by atoms with Gasteiger partial charge in [0.25, 0.3) is 0 Å². The van der Waals surface area contributed by atoms with E-state index in [1.807, 2.05) is 18.2 Å². The molecular weight excluding hydrogens is 312 g/mol. The first-order chi connectivity index (χ1) is 12.2. The van der Waals surface area contributed by atoms with Crippen LogP contribution in [0.25, 0.3) is 11.3 Å². The minimum atomic E-state index is 0.275. The number of aromatic nitrogens is 2. The Balaban J connectivity index is 1.61. The zero-order chi connectivity index (χ0) is 17.4. The van der Waals surface area contributed by atoms with Crippen molar-refractivity contribution in [2.75, 3.05) is 31.6 Å². The number of aromatic hydroxyl groups is 1. The molecule has 0 unspecified atom stereocenters. The van der Waals surface area contributed by atoms with Crippen LogP contribution < -0.4 is 4.90 Å². The van der Waals surface area contributed by atoms with E-state index in [4.69, 9.17) is 0 Å². The topological polar surface area (TPSA) is 52.5 Å². The second-order valence-corrected chi connectivity index (χ2v) is 7.30. The lowest BCUT2D eigenvalue weighted by Crippen LogP contribution is -2.47. The average Bonchev–Trinajstić information content (AvgIpc) is 3.04.